The minimum atomic E-state index is -0.185. The van der Waals surface area contributed by atoms with Crippen molar-refractivity contribution in [3.8, 4) is 11.4 Å². The molecule has 3 aromatic carbocycles. The quantitative estimate of drug-likeness (QED) is 0.155. The second-order valence-corrected chi connectivity index (χ2v) is 13.2. The number of carbonyl (C=O) groups is 2. The molecule has 41 heavy (non-hydrogen) atoms. The third kappa shape index (κ3) is 7.35. The maximum absolute atomic E-state index is 12.7. The lowest BCUT2D eigenvalue weighted by Crippen LogP contribution is -2.14. The van der Waals surface area contributed by atoms with Crippen molar-refractivity contribution in [2.45, 2.75) is 16.4 Å². The van der Waals surface area contributed by atoms with E-state index in [2.05, 4.69) is 25.8 Å². The largest absolute Gasteiger partial charge is 0.325 e. The van der Waals surface area contributed by atoms with Crippen LogP contribution < -0.4 is 10.6 Å². The van der Waals surface area contributed by atoms with Crippen LogP contribution in [0.5, 0.6) is 0 Å². The van der Waals surface area contributed by atoms with E-state index in [1.165, 1.54) is 34.9 Å². The van der Waals surface area contributed by atoms with Crippen LogP contribution in [0.15, 0.2) is 64.1 Å². The van der Waals surface area contributed by atoms with Crippen LogP contribution in [-0.2, 0) is 16.6 Å². The molecule has 2 N–H and O–H groups in total. The lowest BCUT2D eigenvalue weighted by atomic mass is 10.2. The summed E-state index contributed by atoms with van der Waals surface area (Å²) in [5.41, 5.74) is 3.75. The van der Waals surface area contributed by atoms with E-state index in [0.29, 0.717) is 43.0 Å². The number of nitrogens with zero attached hydrogens (tertiary/aromatic N) is 4. The third-order valence-electron chi connectivity index (χ3n) is 5.77. The van der Waals surface area contributed by atoms with Crippen molar-refractivity contribution in [1.29, 1.82) is 0 Å². The van der Waals surface area contributed by atoms with Crippen LogP contribution in [0.2, 0.25) is 15.1 Å². The van der Waals surface area contributed by atoms with Gasteiger partial charge in [-0.3, -0.25) is 9.59 Å². The van der Waals surface area contributed by atoms with Gasteiger partial charge in [-0.15, -0.1) is 21.5 Å². The van der Waals surface area contributed by atoms with Crippen molar-refractivity contribution in [2.75, 3.05) is 22.1 Å². The van der Waals surface area contributed by atoms with Crippen LogP contribution in [0.25, 0.3) is 21.6 Å². The fourth-order valence-corrected chi connectivity index (χ4v) is 7.00. The van der Waals surface area contributed by atoms with Crippen molar-refractivity contribution < 1.29 is 9.59 Å². The van der Waals surface area contributed by atoms with Gasteiger partial charge in [-0.1, -0.05) is 64.4 Å². The molecule has 5 rings (SSSR count). The summed E-state index contributed by atoms with van der Waals surface area (Å²) in [7, 11) is 1.82. The summed E-state index contributed by atoms with van der Waals surface area (Å²) < 4.78 is 3.45. The summed E-state index contributed by atoms with van der Waals surface area (Å²) in [5, 5.41) is 16.4. The van der Waals surface area contributed by atoms with Gasteiger partial charge in [0.05, 0.1) is 26.7 Å². The van der Waals surface area contributed by atoms with E-state index < -0.39 is 0 Å². The molecule has 8 nitrogen and oxygen atoms in total. The summed E-state index contributed by atoms with van der Waals surface area (Å²) in [4.78, 5) is 29.7. The van der Waals surface area contributed by atoms with E-state index in [9.17, 15) is 9.59 Å². The van der Waals surface area contributed by atoms with E-state index in [0.717, 1.165) is 20.1 Å². The molecule has 2 amide bonds. The summed E-state index contributed by atoms with van der Waals surface area (Å²) in [6.45, 7) is 1.91. The number of rotatable bonds is 9. The van der Waals surface area contributed by atoms with Crippen molar-refractivity contribution in [2.24, 2.45) is 7.05 Å². The van der Waals surface area contributed by atoms with Gasteiger partial charge in [-0.05, 0) is 61.0 Å². The Bertz CT molecular complexity index is 1770. The number of thiazole rings is 1. The zero-order valence-corrected chi connectivity index (χ0v) is 26.3. The van der Waals surface area contributed by atoms with Gasteiger partial charge in [-0.2, -0.15) is 0 Å². The molecule has 14 heteroatoms. The molecule has 0 radical (unpaired) electrons. The van der Waals surface area contributed by atoms with E-state index in [1.54, 1.807) is 34.9 Å². The molecule has 0 saturated heterocycles. The highest BCUT2D eigenvalue weighted by molar-refractivity contribution is 8.01. The van der Waals surface area contributed by atoms with Crippen molar-refractivity contribution in [1.82, 2.24) is 19.7 Å². The first-order valence-electron chi connectivity index (χ1n) is 12.0. The Morgan fingerprint density at radius 1 is 0.878 bits per heavy atom. The third-order valence-corrected chi connectivity index (χ3v) is 9.91. The highest BCUT2D eigenvalue weighted by atomic mass is 35.5. The zero-order chi connectivity index (χ0) is 29.1. The Morgan fingerprint density at radius 3 is 2.32 bits per heavy atom. The highest BCUT2D eigenvalue weighted by Gasteiger charge is 2.16. The number of thioether (sulfide) groups is 2. The zero-order valence-electron chi connectivity index (χ0n) is 21.6. The predicted octanol–water partition coefficient (Wildman–Crippen LogP) is 7.82. The summed E-state index contributed by atoms with van der Waals surface area (Å²) in [6.07, 6.45) is 0. The van der Waals surface area contributed by atoms with E-state index >= 15 is 0 Å². The molecule has 0 aliphatic heterocycles. The number of fused-ring (bicyclic) bond motifs is 1. The smallest absolute Gasteiger partial charge is 0.234 e. The molecule has 210 valence electrons. The Hall–Kier alpha value is -2.80. The lowest BCUT2D eigenvalue weighted by Gasteiger charge is -2.07. The second kappa shape index (κ2) is 13.0. The molecule has 0 unspecified atom stereocenters. The first-order valence-corrected chi connectivity index (χ1v) is 16.0. The monoisotopic (exact) mass is 662 g/mol. The molecule has 0 fully saturated rings. The normalized spacial score (nSPS) is 11.1. The number of carbonyl (C=O) groups excluding carboxylic acids is 2. The van der Waals surface area contributed by atoms with Gasteiger partial charge in [0.1, 0.15) is 0 Å². The fourth-order valence-electron chi connectivity index (χ4n) is 3.71. The number of hydrogen-bond acceptors (Lipinski definition) is 8. The van der Waals surface area contributed by atoms with Gasteiger partial charge in [0.25, 0.3) is 0 Å². The number of amides is 2. The molecule has 2 aromatic heterocycles. The van der Waals surface area contributed by atoms with Crippen molar-refractivity contribution in [3.63, 3.8) is 0 Å². The number of anilines is 2. The minimum Gasteiger partial charge on any atom is -0.325 e. The van der Waals surface area contributed by atoms with Crippen molar-refractivity contribution >= 4 is 103 Å². The Balaban J connectivity index is 1.15. The van der Waals surface area contributed by atoms with Gasteiger partial charge >= 0.3 is 0 Å². The standard InChI is InChI=1S/C27H21Cl3N6O2S3/c1-14-3-5-16(10-19(14)29)31-24(38)13-40-27-33-21-8-6-17(11-22(21)41-27)32-23(37)12-39-26-35-34-25(36(26)2)18-7-4-15(28)9-20(18)30/h3-11H,12-13H2,1-2H3,(H,31,38)(H,32,37). The Kier molecular flexibility index (Phi) is 9.42. The Morgan fingerprint density at radius 2 is 1.59 bits per heavy atom. The maximum Gasteiger partial charge on any atom is 0.234 e. The summed E-state index contributed by atoms with van der Waals surface area (Å²) in [6, 6.07) is 16.1. The molecular weight excluding hydrogens is 643 g/mol. The fraction of sp³-hybridized carbons (Fsp3) is 0.148. The topological polar surface area (TPSA) is 102 Å². The first-order chi connectivity index (χ1) is 19.7. The minimum absolute atomic E-state index is 0.142. The second-order valence-electron chi connectivity index (χ2n) is 8.79. The average Bonchev–Trinajstić information content (AvgIpc) is 3.51. The molecule has 0 atom stereocenters. The van der Waals surface area contributed by atoms with E-state index in [1.807, 2.05) is 38.2 Å². The SMILES string of the molecule is Cc1ccc(NC(=O)CSc2nc3ccc(NC(=O)CSc4nnc(-c5ccc(Cl)cc5Cl)n4C)cc3s2)cc1Cl. The van der Waals surface area contributed by atoms with Crippen LogP contribution in [0.1, 0.15) is 5.56 Å². The van der Waals surface area contributed by atoms with Gasteiger partial charge < -0.3 is 15.2 Å². The molecule has 0 spiro atoms. The van der Waals surface area contributed by atoms with E-state index in [-0.39, 0.29) is 23.3 Å². The molecule has 2 heterocycles. The summed E-state index contributed by atoms with van der Waals surface area (Å²) >= 11 is 22.5. The number of hydrogen-bond donors (Lipinski definition) is 2. The molecule has 0 aliphatic rings. The van der Waals surface area contributed by atoms with Crippen LogP contribution in [0, 0.1) is 6.92 Å². The van der Waals surface area contributed by atoms with Gasteiger partial charge in [-0.25, -0.2) is 4.98 Å². The molecule has 5 aromatic rings. The van der Waals surface area contributed by atoms with E-state index in [4.69, 9.17) is 34.8 Å². The molecule has 0 bridgehead atoms. The average molecular weight is 664 g/mol. The number of nitrogens with one attached hydrogen (secondary N) is 2. The van der Waals surface area contributed by atoms with Crippen LogP contribution in [0.3, 0.4) is 0 Å². The molecule has 0 saturated carbocycles. The maximum atomic E-state index is 12.7. The van der Waals surface area contributed by atoms with Crippen LogP contribution in [0.4, 0.5) is 11.4 Å². The van der Waals surface area contributed by atoms with Crippen LogP contribution in [-0.4, -0.2) is 43.1 Å². The Labute approximate surface area is 263 Å². The predicted molar refractivity (Wildman–Crippen MR) is 171 cm³/mol. The van der Waals surface area contributed by atoms with Crippen molar-refractivity contribution in [3.05, 3.63) is 75.2 Å². The van der Waals surface area contributed by atoms with Crippen LogP contribution >= 0.6 is 69.7 Å². The van der Waals surface area contributed by atoms with Gasteiger partial charge in [0, 0.05) is 34.0 Å². The number of aryl methyl sites for hydroxylation is 1. The molecular formula is C27H21Cl3N6O2S3. The number of aromatic nitrogens is 4. The number of halogens is 3. The lowest BCUT2D eigenvalue weighted by molar-refractivity contribution is -0.114. The van der Waals surface area contributed by atoms with Gasteiger partial charge in [0.15, 0.2) is 15.3 Å². The summed E-state index contributed by atoms with van der Waals surface area (Å²) in [5.74, 6) is 0.598. The number of benzene rings is 3. The molecule has 0 aliphatic carbocycles. The van der Waals surface area contributed by atoms with Gasteiger partial charge in [0.2, 0.25) is 11.8 Å². The highest BCUT2D eigenvalue weighted by Crippen LogP contribution is 2.33. The first kappa shape index (κ1) is 29.7.